The van der Waals surface area contributed by atoms with Crippen LogP contribution in [-0.2, 0) is 6.54 Å². The molecule has 0 aliphatic heterocycles. The molecule has 0 radical (unpaired) electrons. The number of aromatic nitrogens is 1. The summed E-state index contributed by atoms with van der Waals surface area (Å²) in [6, 6.07) is 1.78. The Bertz CT molecular complexity index is 372. The molecule has 1 unspecified atom stereocenters. The van der Waals surface area contributed by atoms with Crippen LogP contribution in [-0.4, -0.2) is 31.1 Å². The normalized spacial score (nSPS) is 12.6. The molecular formula is C13H21ClN2O2. The second kappa shape index (κ2) is 7.44. The number of nitrogens with one attached hydrogen (secondary N) is 1. The second-order valence-corrected chi connectivity index (χ2v) is 4.94. The van der Waals surface area contributed by atoms with Gasteiger partial charge in [-0.05, 0) is 5.92 Å². The second-order valence-electron chi connectivity index (χ2n) is 4.38. The summed E-state index contributed by atoms with van der Waals surface area (Å²) in [5, 5.41) is 3.39. The third kappa shape index (κ3) is 4.03. The van der Waals surface area contributed by atoms with E-state index >= 15 is 0 Å². The van der Waals surface area contributed by atoms with E-state index < -0.39 is 0 Å². The molecule has 1 aromatic heterocycles. The van der Waals surface area contributed by atoms with Crippen molar-refractivity contribution in [3.05, 3.63) is 18.0 Å². The van der Waals surface area contributed by atoms with Crippen LogP contribution in [0.3, 0.4) is 0 Å². The maximum absolute atomic E-state index is 6.18. The van der Waals surface area contributed by atoms with Crippen molar-refractivity contribution in [2.24, 2.45) is 5.92 Å². The molecule has 1 N–H and O–H groups in total. The van der Waals surface area contributed by atoms with E-state index in [0.29, 0.717) is 24.0 Å². The van der Waals surface area contributed by atoms with Crippen LogP contribution in [0.1, 0.15) is 19.5 Å². The first-order valence-electron chi connectivity index (χ1n) is 6.00. The highest BCUT2D eigenvalue weighted by atomic mass is 35.5. The van der Waals surface area contributed by atoms with E-state index in [2.05, 4.69) is 24.1 Å². The molecule has 0 aliphatic rings. The molecule has 1 heterocycles. The van der Waals surface area contributed by atoms with Gasteiger partial charge in [0.2, 0.25) is 0 Å². The predicted octanol–water partition coefficient (Wildman–Crippen LogP) is 2.45. The topological polar surface area (TPSA) is 43.4 Å². The maximum atomic E-state index is 6.18. The maximum Gasteiger partial charge on any atom is 0.183 e. The van der Waals surface area contributed by atoms with Crippen LogP contribution in [0, 0.1) is 5.92 Å². The highest BCUT2D eigenvalue weighted by molar-refractivity contribution is 6.20. The molecule has 0 saturated heterocycles. The number of rotatable bonds is 7. The van der Waals surface area contributed by atoms with E-state index in [1.54, 1.807) is 26.5 Å². The predicted molar refractivity (Wildman–Crippen MR) is 73.5 cm³/mol. The molecule has 102 valence electrons. The third-order valence-electron chi connectivity index (χ3n) is 2.72. The molecule has 1 atom stereocenters. The Balaban J connectivity index is 2.62. The fourth-order valence-corrected chi connectivity index (χ4v) is 1.65. The summed E-state index contributed by atoms with van der Waals surface area (Å²) >= 11 is 6.18. The first-order chi connectivity index (χ1) is 8.60. The molecule has 0 aromatic carbocycles. The Morgan fingerprint density at radius 3 is 2.61 bits per heavy atom. The molecule has 0 aliphatic carbocycles. The summed E-state index contributed by atoms with van der Waals surface area (Å²) in [7, 11) is 3.23. The first-order valence-corrected chi connectivity index (χ1v) is 6.44. The number of ether oxygens (including phenoxy) is 2. The van der Waals surface area contributed by atoms with Gasteiger partial charge in [0, 0.05) is 30.7 Å². The van der Waals surface area contributed by atoms with Crippen molar-refractivity contribution in [2.45, 2.75) is 25.8 Å². The van der Waals surface area contributed by atoms with Crippen LogP contribution >= 0.6 is 11.6 Å². The smallest absolute Gasteiger partial charge is 0.183 e. The average molecular weight is 273 g/mol. The van der Waals surface area contributed by atoms with Gasteiger partial charge in [0.1, 0.15) is 0 Å². The quantitative estimate of drug-likeness (QED) is 0.775. The van der Waals surface area contributed by atoms with Crippen LogP contribution in [0.25, 0.3) is 0 Å². The largest absolute Gasteiger partial charge is 0.493 e. The fraction of sp³-hybridized carbons (Fsp3) is 0.615. The summed E-state index contributed by atoms with van der Waals surface area (Å²) in [5.74, 6) is 1.80. The van der Waals surface area contributed by atoms with Crippen molar-refractivity contribution < 1.29 is 9.47 Å². The lowest BCUT2D eigenvalue weighted by Gasteiger charge is -2.15. The minimum atomic E-state index is 0.113. The van der Waals surface area contributed by atoms with Crippen LogP contribution in [0.15, 0.2) is 12.3 Å². The van der Waals surface area contributed by atoms with E-state index in [0.717, 1.165) is 12.2 Å². The van der Waals surface area contributed by atoms with Crippen LogP contribution in [0.2, 0.25) is 0 Å². The molecule has 0 fully saturated rings. The molecule has 1 aromatic rings. The Morgan fingerprint density at radius 2 is 2.06 bits per heavy atom. The SMILES string of the molecule is COc1ccnc(CNCC(Cl)C(C)C)c1OC. The lowest BCUT2D eigenvalue weighted by Crippen LogP contribution is -2.26. The molecule has 0 amide bonds. The van der Waals surface area contributed by atoms with Crippen molar-refractivity contribution in [1.29, 1.82) is 0 Å². The summed E-state index contributed by atoms with van der Waals surface area (Å²) in [6.45, 7) is 5.55. The zero-order valence-corrected chi connectivity index (χ0v) is 12.1. The van der Waals surface area contributed by atoms with Crippen molar-refractivity contribution in [2.75, 3.05) is 20.8 Å². The molecule has 0 spiro atoms. The van der Waals surface area contributed by atoms with Gasteiger partial charge >= 0.3 is 0 Å². The van der Waals surface area contributed by atoms with Gasteiger partial charge < -0.3 is 14.8 Å². The zero-order chi connectivity index (χ0) is 13.5. The fourth-order valence-electron chi connectivity index (χ4n) is 1.54. The lowest BCUT2D eigenvalue weighted by molar-refractivity contribution is 0.348. The van der Waals surface area contributed by atoms with Crippen LogP contribution in [0.5, 0.6) is 11.5 Å². The molecule has 18 heavy (non-hydrogen) atoms. The minimum absolute atomic E-state index is 0.113. The minimum Gasteiger partial charge on any atom is -0.493 e. The number of nitrogens with zero attached hydrogens (tertiary/aromatic N) is 1. The van der Waals surface area contributed by atoms with Crippen LogP contribution in [0.4, 0.5) is 0 Å². The highest BCUT2D eigenvalue weighted by Gasteiger charge is 2.12. The number of hydrogen-bond donors (Lipinski definition) is 1. The molecule has 0 bridgehead atoms. The molecule has 5 heteroatoms. The Morgan fingerprint density at radius 1 is 1.33 bits per heavy atom. The zero-order valence-electron chi connectivity index (χ0n) is 11.4. The highest BCUT2D eigenvalue weighted by Crippen LogP contribution is 2.28. The first kappa shape index (κ1) is 15.1. The van der Waals surface area contributed by atoms with E-state index in [1.165, 1.54) is 0 Å². The number of alkyl halides is 1. The van der Waals surface area contributed by atoms with Crippen molar-refractivity contribution in [3.8, 4) is 11.5 Å². The van der Waals surface area contributed by atoms with Gasteiger partial charge in [0.15, 0.2) is 11.5 Å². The van der Waals surface area contributed by atoms with Gasteiger partial charge in [-0.1, -0.05) is 13.8 Å². The Hall–Kier alpha value is -1.00. The summed E-state index contributed by atoms with van der Waals surface area (Å²) in [4.78, 5) is 4.29. The van der Waals surface area contributed by atoms with Gasteiger partial charge in [-0.2, -0.15) is 0 Å². The molecule has 4 nitrogen and oxygen atoms in total. The summed E-state index contributed by atoms with van der Waals surface area (Å²) < 4.78 is 10.5. The van der Waals surface area contributed by atoms with E-state index in [1.807, 2.05) is 0 Å². The standard InChI is InChI=1S/C13H21ClN2O2/c1-9(2)10(14)7-15-8-11-13(18-4)12(17-3)5-6-16-11/h5-6,9-10,15H,7-8H2,1-4H3. The van der Waals surface area contributed by atoms with E-state index in [-0.39, 0.29) is 5.38 Å². The van der Waals surface area contributed by atoms with Gasteiger partial charge in [-0.15, -0.1) is 11.6 Å². The van der Waals surface area contributed by atoms with Crippen molar-refractivity contribution in [3.63, 3.8) is 0 Å². The summed E-state index contributed by atoms with van der Waals surface area (Å²) in [5.41, 5.74) is 0.824. The number of hydrogen-bond acceptors (Lipinski definition) is 4. The number of pyridine rings is 1. The Kier molecular flexibility index (Phi) is 6.22. The number of methoxy groups -OCH3 is 2. The van der Waals surface area contributed by atoms with Crippen molar-refractivity contribution in [1.82, 2.24) is 10.3 Å². The molecule has 0 saturated carbocycles. The van der Waals surface area contributed by atoms with Gasteiger partial charge in [-0.25, -0.2) is 0 Å². The molecule has 1 rings (SSSR count). The summed E-state index contributed by atoms with van der Waals surface area (Å²) in [6.07, 6.45) is 1.71. The van der Waals surface area contributed by atoms with E-state index in [9.17, 15) is 0 Å². The van der Waals surface area contributed by atoms with Gasteiger partial charge in [-0.3, -0.25) is 4.98 Å². The average Bonchev–Trinajstić information content (AvgIpc) is 2.37. The van der Waals surface area contributed by atoms with Gasteiger partial charge in [0.05, 0.1) is 19.9 Å². The van der Waals surface area contributed by atoms with E-state index in [4.69, 9.17) is 21.1 Å². The van der Waals surface area contributed by atoms with Crippen molar-refractivity contribution >= 4 is 11.6 Å². The number of halogens is 1. The van der Waals surface area contributed by atoms with Crippen LogP contribution < -0.4 is 14.8 Å². The monoisotopic (exact) mass is 272 g/mol. The molecular weight excluding hydrogens is 252 g/mol. The van der Waals surface area contributed by atoms with Gasteiger partial charge in [0.25, 0.3) is 0 Å². The lowest BCUT2D eigenvalue weighted by atomic mass is 10.1. The third-order valence-corrected chi connectivity index (χ3v) is 3.38. The Labute approximate surface area is 114 Å².